The van der Waals surface area contributed by atoms with Gasteiger partial charge in [-0.3, -0.25) is 4.79 Å². The number of benzene rings is 2. The number of hydrogen-bond donors (Lipinski definition) is 3. The number of anilines is 2. The van der Waals surface area contributed by atoms with Crippen molar-refractivity contribution in [3.8, 4) is 0 Å². The number of aromatic nitrogens is 1. The van der Waals surface area contributed by atoms with Gasteiger partial charge in [0.2, 0.25) is 10.0 Å². The van der Waals surface area contributed by atoms with Crippen LogP contribution in [-0.4, -0.2) is 30.5 Å². The minimum absolute atomic E-state index is 0.0559. The molecule has 0 bridgehead atoms. The van der Waals surface area contributed by atoms with Gasteiger partial charge in [-0.2, -0.15) is 17.9 Å². The van der Waals surface area contributed by atoms with Gasteiger partial charge in [0.25, 0.3) is 0 Å². The van der Waals surface area contributed by atoms with Gasteiger partial charge in [-0.25, -0.2) is 13.4 Å². The van der Waals surface area contributed by atoms with Gasteiger partial charge in [-0.05, 0) is 36.2 Å². The maximum atomic E-state index is 12.8. The van der Waals surface area contributed by atoms with Crippen LogP contribution in [0, 0.1) is 5.92 Å². The lowest BCUT2D eigenvalue weighted by Crippen LogP contribution is -2.44. The average Bonchev–Trinajstić information content (AvgIpc) is 3.35. The Bertz CT molecular complexity index is 1490. The van der Waals surface area contributed by atoms with E-state index >= 15 is 0 Å². The van der Waals surface area contributed by atoms with Crippen LogP contribution in [0.15, 0.2) is 51.1 Å². The van der Waals surface area contributed by atoms with E-state index in [1.165, 1.54) is 18.2 Å². The highest BCUT2D eigenvalue weighted by Gasteiger charge is 2.34. The molecule has 2 aromatic carbocycles. The summed E-state index contributed by atoms with van der Waals surface area (Å²) in [6.07, 6.45) is -4.54. The van der Waals surface area contributed by atoms with Crippen LogP contribution in [0.1, 0.15) is 19.5 Å². The van der Waals surface area contributed by atoms with Gasteiger partial charge in [0, 0.05) is 27.9 Å². The van der Waals surface area contributed by atoms with Gasteiger partial charge in [-0.1, -0.05) is 13.8 Å². The fourth-order valence-electron chi connectivity index (χ4n) is 3.29. The van der Waals surface area contributed by atoms with Crippen molar-refractivity contribution in [2.75, 3.05) is 5.32 Å². The number of rotatable bonds is 7. The van der Waals surface area contributed by atoms with Crippen LogP contribution in [0.4, 0.5) is 24.0 Å². The van der Waals surface area contributed by atoms with E-state index in [0.29, 0.717) is 27.6 Å². The Morgan fingerprint density at radius 2 is 1.85 bits per heavy atom. The van der Waals surface area contributed by atoms with Crippen LogP contribution < -0.4 is 10.0 Å². The lowest BCUT2D eigenvalue weighted by Gasteiger charge is -2.17. The molecule has 0 fully saturated rings. The van der Waals surface area contributed by atoms with Gasteiger partial charge in [0.05, 0.1) is 4.90 Å². The lowest BCUT2D eigenvalue weighted by atomic mass is 10.1. The Kier molecular flexibility index (Phi) is 6.04. The number of alkyl halides is 3. The van der Waals surface area contributed by atoms with Crippen LogP contribution in [0.3, 0.4) is 0 Å². The molecule has 0 spiro atoms. The number of nitrogens with one attached hydrogen (secondary N) is 2. The Morgan fingerprint density at radius 3 is 2.47 bits per heavy atom. The summed E-state index contributed by atoms with van der Waals surface area (Å²) in [5.74, 6) is -1.75. The molecule has 0 aliphatic heterocycles. The molecule has 0 aliphatic carbocycles. The predicted molar refractivity (Wildman–Crippen MR) is 121 cm³/mol. The van der Waals surface area contributed by atoms with Crippen molar-refractivity contribution >= 4 is 60.1 Å². The van der Waals surface area contributed by atoms with E-state index in [-0.39, 0.29) is 10.0 Å². The zero-order valence-corrected chi connectivity index (χ0v) is 19.3. The maximum absolute atomic E-state index is 12.8. The second kappa shape index (κ2) is 8.56. The Balaban J connectivity index is 1.65. The molecule has 4 aromatic rings. The molecule has 1 atom stereocenters. The van der Waals surface area contributed by atoms with E-state index < -0.39 is 39.8 Å². The SMILES string of the molecule is CC(C)[C@@H](NS(=O)(=O)c1ccc2oc3cc(Nc4nc(C(F)(F)F)cs4)ccc3c2c1)C(=O)O. The summed E-state index contributed by atoms with van der Waals surface area (Å²) in [5, 5.41) is 14.1. The highest BCUT2D eigenvalue weighted by Crippen LogP contribution is 2.35. The van der Waals surface area contributed by atoms with Gasteiger partial charge < -0.3 is 14.8 Å². The van der Waals surface area contributed by atoms with E-state index in [1.807, 2.05) is 0 Å². The maximum Gasteiger partial charge on any atom is 0.434 e. The van der Waals surface area contributed by atoms with Gasteiger partial charge >= 0.3 is 12.1 Å². The van der Waals surface area contributed by atoms with Crippen molar-refractivity contribution in [2.24, 2.45) is 5.92 Å². The van der Waals surface area contributed by atoms with Crippen LogP contribution in [0.5, 0.6) is 0 Å². The third-order valence-electron chi connectivity index (χ3n) is 5.01. The normalized spacial score (nSPS) is 13.6. The second-order valence-corrected chi connectivity index (χ2v) is 10.4. The number of hydrogen-bond acceptors (Lipinski definition) is 7. The summed E-state index contributed by atoms with van der Waals surface area (Å²) in [5.41, 5.74) is 0.208. The van der Waals surface area contributed by atoms with Crippen LogP contribution in [0.25, 0.3) is 21.9 Å². The summed E-state index contributed by atoms with van der Waals surface area (Å²) in [6.45, 7) is 3.19. The van der Waals surface area contributed by atoms with E-state index in [4.69, 9.17) is 4.42 Å². The summed E-state index contributed by atoms with van der Waals surface area (Å²) in [4.78, 5) is 14.8. The Morgan fingerprint density at radius 1 is 1.12 bits per heavy atom. The van der Waals surface area contributed by atoms with Crippen molar-refractivity contribution < 1.29 is 35.9 Å². The van der Waals surface area contributed by atoms with Crippen LogP contribution in [-0.2, 0) is 21.0 Å². The van der Waals surface area contributed by atoms with Crippen molar-refractivity contribution in [1.82, 2.24) is 9.71 Å². The van der Waals surface area contributed by atoms with Gasteiger partial charge in [-0.15, -0.1) is 11.3 Å². The standard InChI is InChI=1S/C21H18F3N3O5S2/c1-10(2)18(19(28)29)27-34(30,31)12-4-6-15-14(8-12)13-5-3-11(7-16(13)32-15)25-20-26-17(9-33-20)21(22,23)24/h3-10,18,27H,1-2H3,(H,25,26)(H,28,29)/t18-/m1/s1. The number of nitrogens with zero attached hydrogens (tertiary/aromatic N) is 1. The molecule has 0 aliphatic rings. The van der Waals surface area contributed by atoms with Crippen molar-refractivity contribution in [3.63, 3.8) is 0 Å². The number of halogens is 3. The molecule has 0 saturated carbocycles. The summed E-state index contributed by atoms with van der Waals surface area (Å²) < 4.78 is 71.8. The fraction of sp³-hybridized carbons (Fsp3) is 0.238. The molecule has 0 radical (unpaired) electrons. The quantitative estimate of drug-likeness (QED) is 0.311. The van der Waals surface area contributed by atoms with Crippen LogP contribution in [0.2, 0.25) is 0 Å². The van der Waals surface area contributed by atoms with E-state index in [1.54, 1.807) is 32.0 Å². The van der Waals surface area contributed by atoms with Crippen LogP contribution >= 0.6 is 11.3 Å². The molecule has 34 heavy (non-hydrogen) atoms. The number of aliphatic carboxylic acids is 1. The smallest absolute Gasteiger partial charge is 0.434 e. The topological polar surface area (TPSA) is 122 Å². The molecule has 13 heteroatoms. The number of carboxylic acids is 1. The third kappa shape index (κ3) is 4.72. The number of fused-ring (bicyclic) bond motifs is 3. The molecule has 0 saturated heterocycles. The average molecular weight is 514 g/mol. The largest absolute Gasteiger partial charge is 0.480 e. The molecule has 3 N–H and O–H groups in total. The van der Waals surface area contributed by atoms with E-state index in [2.05, 4.69) is 15.0 Å². The molecular weight excluding hydrogens is 495 g/mol. The molecule has 2 aromatic heterocycles. The molecule has 8 nitrogen and oxygen atoms in total. The zero-order chi connectivity index (χ0) is 24.8. The molecule has 180 valence electrons. The summed E-state index contributed by atoms with van der Waals surface area (Å²) in [6, 6.07) is 7.66. The third-order valence-corrected chi connectivity index (χ3v) is 7.21. The van der Waals surface area contributed by atoms with Crippen molar-refractivity contribution in [2.45, 2.75) is 31.0 Å². The summed E-state index contributed by atoms with van der Waals surface area (Å²) in [7, 11) is -4.13. The Labute approximate surface area is 195 Å². The number of sulfonamides is 1. The first kappa shape index (κ1) is 24.0. The highest BCUT2D eigenvalue weighted by molar-refractivity contribution is 7.89. The number of carboxylic acid groups (broad SMARTS) is 1. The minimum atomic E-state index is -4.54. The van der Waals surface area contributed by atoms with Crippen molar-refractivity contribution in [1.29, 1.82) is 0 Å². The monoisotopic (exact) mass is 513 g/mol. The van der Waals surface area contributed by atoms with E-state index in [9.17, 15) is 31.5 Å². The Hall–Kier alpha value is -3.16. The highest BCUT2D eigenvalue weighted by atomic mass is 32.2. The first-order valence-electron chi connectivity index (χ1n) is 9.86. The van der Waals surface area contributed by atoms with Gasteiger partial charge in [0.15, 0.2) is 10.8 Å². The molecular formula is C21H18F3N3O5S2. The lowest BCUT2D eigenvalue weighted by molar-refractivity contribution is -0.141. The first-order chi connectivity index (χ1) is 15.8. The van der Waals surface area contributed by atoms with E-state index in [0.717, 1.165) is 16.7 Å². The number of carbonyl (C=O) groups is 1. The number of thiazole rings is 1. The zero-order valence-electron chi connectivity index (χ0n) is 17.7. The molecule has 0 unspecified atom stereocenters. The summed E-state index contributed by atoms with van der Waals surface area (Å²) >= 11 is 0.807. The second-order valence-electron chi connectivity index (χ2n) is 7.81. The number of furan rings is 1. The van der Waals surface area contributed by atoms with Crippen molar-refractivity contribution in [3.05, 3.63) is 47.5 Å². The van der Waals surface area contributed by atoms with Gasteiger partial charge in [0.1, 0.15) is 17.2 Å². The molecule has 2 heterocycles. The molecule has 4 rings (SSSR count). The minimum Gasteiger partial charge on any atom is -0.480 e. The molecule has 0 amide bonds. The predicted octanol–water partition coefficient (Wildman–Crippen LogP) is 5.19. The fourth-order valence-corrected chi connectivity index (χ4v) is 5.39. The first-order valence-corrected chi connectivity index (χ1v) is 12.2.